The number of benzene rings is 8. The highest BCUT2D eigenvalue weighted by Gasteiger charge is 2.42. The Morgan fingerprint density at radius 3 is 1.47 bits per heavy atom. The van der Waals surface area contributed by atoms with Crippen LogP contribution in [0.5, 0.6) is 0 Å². The van der Waals surface area contributed by atoms with Crippen molar-refractivity contribution >= 4 is 40.9 Å². The summed E-state index contributed by atoms with van der Waals surface area (Å²) in [6, 6.07) is 20.3. The summed E-state index contributed by atoms with van der Waals surface area (Å²) in [6.45, 7) is 31.0. The zero-order valence-corrected chi connectivity index (χ0v) is 38.8. The minimum absolute atomic E-state index is 0.954. The van der Waals surface area contributed by atoms with Gasteiger partial charge in [-0.25, -0.2) is 0 Å². The topological polar surface area (TPSA) is 0 Å². The van der Waals surface area contributed by atoms with E-state index in [1.165, 1.54) is 144 Å². The van der Waals surface area contributed by atoms with Crippen molar-refractivity contribution in [2.75, 3.05) is 0 Å². The first kappa shape index (κ1) is 37.8. The highest BCUT2D eigenvalue weighted by atomic mass is 14.5. The Kier molecular flexibility index (Phi) is 7.69. The van der Waals surface area contributed by atoms with E-state index in [2.05, 4.69) is 151 Å². The molecule has 0 saturated heterocycles. The van der Waals surface area contributed by atoms with Crippen molar-refractivity contribution < 1.29 is 0 Å². The van der Waals surface area contributed by atoms with Gasteiger partial charge >= 0.3 is 0 Å². The Morgan fingerprint density at radius 1 is 0.355 bits per heavy atom. The predicted molar refractivity (Wildman–Crippen MR) is 270 cm³/mol. The van der Waals surface area contributed by atoms with Gasteiger partial charge in [0, 0.05) is 0 Å². The summed E-state index contributed by atoms with van der Waals surface area (Å²) in [6.07, 6.45) is 6.11. The number of rotatable bonds is 3. The first-order valence-electron chi connectivity index (χ1n) is 23.0. The van der Waals surface area contributed by atoms with Crippen LogP contribution in [-0.2, 0) is 25.7 Å². The Balaban J connectivity index is 1.33. The molecule has 0 nitrogen and oxygen atoms in total. The quantitative estimate of drug-likeness (QED) is 0.123. The molecule has 0 unspecified atom stereocenters. The van der Waals surface area contributed by atoms with Crippen molar-refractivity contribution in [3.05, 3.63) is 172 Å². The Bertz CT molecular complexity index is 3510. The van der Waals surface area contributed by atoms with Crippen molar-refractivity contribution in [2.24, 2.45) is 0 Å². The number of hydrogen-bond donors (Lipinski definition) is 0. The molecular weight excluding hydrogens is 743 g/mol. The summed E-state index contributed by atoms with van der Waals surface area (Å²) in [5.74, 6) is 0. The third-order valence-corrected chi connectivity index (χ3v) is 17.7. The molecule has 0 aliphatic heterocycles. The van der Waals surface area contributed by atoms with E-state index in [9.17, 15) is 0 Å². The maximum absolute atomic E-state index is 4.60. The Hall–Kier alpha value is -5.92. The molecule has 8 aromatic rings. The van der Waals surface area contributed by atoms with Crippen LogP contribution in [0.4, 0.5) is 0 Å². The van der Waals surface area contributed by atoms with Gasteiger partial charge in [-0.05, 0) is 285 Å². The van der Waals surface area contributed by atoms with Crippen LogP contribution in [0.1, 0.15) is 111 Å². The van der Waals surface area contributed by atoms with Crippen LogP contribution < -0.4 is 5.46 Å². The van der Waals surface area contributed by atoms with Gasteiger partial charge in [-0.2, -0.15) is 0 Å². The lowest BCUT2D eigenvalue weighted by Gasteiger charge is -2.37. The van der Waals surface area contributed by atoms with Crippen LogP contribution in [0.15, 0.2) is 61.2 Å². The molecular formula is C61H55B. The first-order chi connectivity index (χ1) is 29.8. The molecule has 0 spiro atoms. The highest BCUT2D eigenvalue weighted by molar-refractivity contribution is 6.35. The highest BCUT2D eigenvalue weighted by Crippen LogP contribution is 2.62. The Morgan fingerprint density at radius 2 is 0.839 bits per heavy atom. The van der Waals surface area contributed by atoms with Gasteiger partial charge in [0.25, 0.3) is 0 Å². The fourth-order valence-electron chi connectivity index (χ4n) is 13.5. The number of fused-ring (bicyclic) bond motifs is 4. The standard InChI is InChI=1S/C61H55B/c1-13-39-31(6)32(7)45-26-49-46-23-42-33(8)36(11)61(62)37(12)50(42)51-34(9)27(2)29(4)43-24-47(53(46)57(43)51)48-25-44-30(5)28(3)35(10)52-56(55(39)59(45)60(54(48)49)58(44)52)41-22-18-17-21-40(41)38-19-15-14-16-20-38/h13-22H,1,23-26,62H2,2-12H3. The summed E-state index contributed by atoms with van der Waals surface area (Å²) < 4.78 is 0. The SMILES string of the molecule is Bc1c(C)c(C)c2c(c1C)-c1c(C)c(C)c(C)c3c1-c1c(c4c5c(c1C2)Cc1c(C)c(C)c(C=C)c2c(-c6ccccc6-c6ccccc6)c6c(C)c(C)c(C)c(c6c-5c12)C4)C3. The van der Waals surface area contributed by atoms with Gasteiger partial charge in [-0.1, -0.05) is 78.3 Å². The van der Waals surface area contributed by atoms with E-state index >= 15 is 0 Å². The van der Waals surface area contributed by atoms with E-state index < -0.39 is 0 Å². The molecule has 12 rings (SSSR count). The third kappa shape index (κ3) is 4.35. The lowest BCUT2D eigenvalue weighted by atomic mass is 9.65. The molecule has 0 bridgehead atoms. The van der Waals surface area contributed by atoms with Crippen LogP contribution >= 0.6 is 0 Å². The van der Waals surface area contributed by atoms with Crippen LogP contribution in [-0.4, -0.2) is 7.85 Å². The number of aryl methyl sites for hydroxylation is 1. The molecule has 0 radical (unpaired) electrons. The van der Waals surface area contributed by atoms with Gasteiger partial charge in [0.05, 0.1) is 0 Å². The first-order valence-corrected chi connectivity index (χ1v) is 23.0. The summed E-state index contributed by atoms with van der Waals surface area (Å²) in [7, 11) is 2.36. The van der Waals surface area contributed by atoms with E-state index in [1.807, 2.05) is 0 Å². The van der Waals surface area contributed by atoms with E-state index in [0.717, 1.165) is 25.7 Å². The molecule has 8 aromatic carbocycles. The van der Waals surface area contributed by atoms with Gasteiger partial charge in [0.2, 0.25) is 0 Å². The molecule has 0 amide bonds. The van der Waals surface area contributed by atoms with Crippen molar-refractivity contribution in [2.45, 2.75) is 102 Å². The van der Waals surface area contributed by atoms with E-state index in [0.29, 0.717) is 0 Å². The summed E-state index contributed by atoms with van der Waals surface area (Å²) in [5.41, 5.74) is 45.7. The summed E-state index contributed by atoms with van der Waals surface area (Å²) in [5, 5.41) is 5.81. The van der Waals surface area contributed by atoms with Crippen molar-refractivity contribution in [1.29, 1.82) is 0 Å². The molecule has 62 heavy (non-hydrogen) atoms. The minimum atomic E-state index is 0.954. The average Bonchev–Trinajstić information content (AvgIpc) is 3.60. The van der Waals surface area contributed by atoms with Crippen molar-refractivity contribution in [3.63, 3.8) is 0 Å². The lowest BCUT2D eigenvalue weighted by Crippen LogP contribution is -2.20. The second kappa shape index (κ2) is 12.6. The molecule has 4 aliphatic carbocycles. The van der Waals surface area contributed by atoms with E-state index in [4.69, 9.17) is 0 Å². The molecule has 0 saturated carbocycles. The zero-order chi connectivity index (χ0) is 43.1. The summed E-state index contributed by atoms with van der Waals surface area (Å²) >= 11 is 0. The molecule has 0 atom stereocenters. The monoisotopic (exact) mass is 798 g/mol. The van der Waals surface area contributed by atoms with E-state index in [-0.39, 0.29) is 0 Å². The van der Waals surface area contributed by atoms with Gasteiger partial charge in [0.15, 0.2) is 0 Å². The van der Waals surface area contributed by atoms with E-state index in [1.54, 1.807) is 50.1 Å². The van der Waals surface area contributed by atoms with Gasteiger partial charge in [-0.15, -0.1) is 0 Å². The summed E-state index contributed by atoms with van der Waals surface area (Å²) in [4.78, 5) is 0. The predicted octanol–water partition coefficient (Wildman–Crippen LogP) is 14.2. The molecule has 4 aliphatic rings. The van der Waals surface area contributed by atoms with Gasteiger partial charge in [0.1, 0.15) is 7.85 Å². The van der Waals surface area contributed by atoms with Crippen LogP contribution in [0.2, 0.25) is 0 Å². The largest absolute Gasteiger partial charge is 0.140 e. The van der Waals surface area contributed by atoms with Crippen LogP contribution in [0.25, 0.3) is 83.3 Å². The van der Waals surface area contributed by atoms with Gasteiger partial charge < -0.3 is 0 Å². The molecule has 0 aromatic heterocycles. The smallest absolute Gasteiger partial charge is 0.0984 e. The number of hydrogen-bond acceptors (Lipinski definition) is 0. The fourth-order valence-corrected chi connectivity index (χ4v) is 13.5. The molecule has 302 valence electrons. The van der Waals surface area contributed by atoms with Crippen molar-refractivity contribution in [1.82, 2.24) is 0 Å². The zero-order valence-electron chi connectivity index (χ0n) is 38.8. The molecule has 0 fully saturated rings. The van der Waals surface area contributed by atoms with Crippen LogP contribution in [0, 0.1) is 76.2 Å². The third-order valence-electron chi connectivity index (χ3n) is 17.7. The maximum Gasteiger partial charge on any atom is 0.140 e. The molecule has 0 heterocycles. The average molecular weight is 799 g/mol. The fraction of sp³-hybridized carbons (Fsp3) is 0.246. The minimum Gasteiger partial charge on any atom is -0.0984 e. The lowest BCUT2D eigenvalue weighted by molar-refractivity contribution is 1.02. The normalized spacial score (nSPS) is 13.6. The second-order valence-corrected chi connectivity index (χ2v) is 19.7. The van der Waals surface area contributed by atoms with Gasteiger partial charge in [-0.3, -0.25) is 0 Å². The molecule has 1 heteroatoms. The van der Waals surface area contributed by atoms with Crippen LogP contribution in [0.3, 0.4) is 0 Å². The van der Waals surface area contributed by atoms with Crippen molar-refractivity contribution in [3.8, 4) is 55.6 Å². The molecule has 0 N–H and O–H groups in total. The second-order valence-electron chi connectivity index (χ2n) is 19.7. The Labute approximate surface area is 369 Å². The maximum atomic E-state index is 4.60.